The second-order valence-corrected chi connectivity index (χ2v) is 10.3. The highest BCUT2D eigenvalue weighted by molar-refractivity contribution is 5.92. The molecule has 1 fully saturated rings. The normalized spacial score (nSPS) is 16.5. The van der Waals surface area contributed by atoms with E-state index in [1.807, 2.05) is 6.92 Å². The van der Waals surface area contributed by atoms with E-state index in [4.69, 9.17) is 19.9 Å². The topological polar surface area (TPSA) is 133 Å². The molecule has 206 valence electrons. The number of nitrogens with zero attached hydrogens (tertiary/aromatic N) is 2. The van der Waals surface area contributed by atoms with Crippen LogP contribution in [0.3, 0.4) is 0 Å². The third kappa shape index (κ3) is 9.93. The van der Waals surface area contributed by atoms with Crippen LogP contribution in [0, 0.1) is 11.8 Å². The van der Waals surface area contributed by atoms with Gasteiger partial charge in [-0.1, -0.05) is 26.0 Å². The number of nitrogens with two attached hydrogens (primary N) is 1. The summed E-state index contributed by atoms with van der Waals surface area (Å²) in [4.78, 5) is 42.3. The standard InChI is InChI=1S/C27H42N4O6/c1-7-22(28)29-25(33)31-15-12-19(13-16-31)18(2)14-17-36-21-10-8-20(9-11-21)23(24(32)35-6)30-26(34)37-27(3,4)5/h8-11,18-19,23H,7,12-17H2,1-6H3,(H,30,34)(H2,28,29,33)/t18-,23+/m1/s1. The molecule has 3 amide bonds. The number of carbonyl (C=O) groups is 3. The molecule has 37 heavy (non-hydrogen) atoms. The quantitative estimate of drug-likeness (QED) is 0.281. The molecule has 1 aliphatic heterocycles. The van der Waals surface area contributed by atoms with Crippen LogP contribution in [0.15, 0.2) is 29.3 Å². The second-order valence-electron chi connectivity index (χ2n) is 10.3. The summed E-state index contributed by atoms with van der Waals surface area (Å²) >= 11 is 0. The lowest BCUT2D eigenvalue weighted by Gasteiger charge is -2.34. The minimum atomic E-state index is -0.990. The molecule has 0 spiro atoms. The van der Waals surface area contributed by atoms with E-state index >= 15 is 0 Å². The lowest BCUT2D eigenvalue weighted by molar-refractivity contribution is -0.143. The number of rotatable bonds is 9. The van der Waals surface area contributed by atoms with Gasteiger partial charge in [-0.2, -0.15) is 4.99 Å². The van der Waals surface area contributed by atoms with Crippen molar-refractivity contribution in [1.82, 2.24) is 10.2 Å². The van der Waals surface area contributed by atoms with Crippen molar-refractivity contribution in [3.05, 3.63) is 29.8 Å². The monoisotopic (exact) mass is 518 g/mol. The maximum atomic E-state index is 12.3. The van der Waals surface area contributed by atoms with Crippen molar-refractivity contribution in [3.63, 3.8) is 0 Å². The Balaban J connectivity index is 1.84. The van der Waals surface area contributed by atoms with Crippen LogP contribution < -0.4 is 15.8 Å². The average Bonchev–Trinajstić information content (AvgIpc) is 2.86. The van der Waals surface area contributed by atoms with Crippen LogP contribution in [0.1, 0.15) is 71.9 Å². The van der Waals surface area contributed by atoms with Gasteiger partial charge in [0.25, 0.3) is 0 Å². The van der Waals surface area contributed by atoms with Crippen LogP contribution in [0.25, 0.3) is 0 Å². The van der Waals surface area contributed by atoms with Gasteiger partial charge in [-0.25, -0.2) is 14.4 Å². The lowest BCUT2D eigenvalue weighted by Crippen LogP contribution is -2.39. The van der Waals surface area contributed by atoms with Gasteiger partial charge in [0.05, 0.1) is 13.7 Å². The van der Waals surface area contributed by atoms with Gasteiger partial charge in [0.2, 0.25) is 0 Å². The van der Waals surface area contributed by atoms with Gasteiger partial charge < -0.3 is 30.2 Å². The second kappa shape index (κ2) is 13.9. The molecule has 1 heterocycles. The van der Waals surface area contributed by atoms with Crippen LogP contribution in [0.5, 0.6) is 5.75 Å². The highest BCUT2D eigenvalue weighted by atomic mass is 16.6. The smallest absolute Gasteiger partial charge is 0.408 e. The van der Waals surface area contributed by atoms with E-state index in [2.05, 4.69) is 17.2 Å². The molecule has 2 atom stereocenters. The van der Waals surface area contributed by atoms with Gasteiger partial charge in [0, 0.05) is 19.5 Å². The number of benzene rings is 1. The molecule has 0 aliphatic carbocycles. The minimum absolute atomic E-state index is 0.243. The molecule has 0 saturated carbocycles. The Bertz CT molecular complexity index is 933. The summed E-state index contributed by atoms with van der Waals surface area (Å²) in [6, 6.07) is 5.73. The molecular weight excluding hydrogens is 476 g/mol. The maximum absolute atomic E-state index is 12.3. The third-order valence-electron chi connectivity index (χ3n) is 6.37. The van der Waals surface area contributed by atoms with E-state index in [1.54, 1.807) is 49.9 Å². The van der Waals surface area contributed by atoms with Gasteiger partial charge in [-0.3, -0.25) is 0 Å². The molecule has 0 radical (unpaired) electrons. The van der Waals surface area contributed by atoms with E-state index in [0.717, 1.165) is 19.3 Å². The van der Waals surface area contributed by atoms with E-state index in [0.29, 0.717) is 55.1 Å². The molecule has 3 N–H and O–H groups in total. The molecule has 0 bridgehead atoms. The number of hydrogen-bond donors (Lipinski definition) is 2. The molecule has 0 unspecified atom stereocenters. The zero-order valence-corrected chi connectivity index (χ0v) is 22.9. The first-order chi connectivity index (χ1) is 17.4. The Kier molecular flexibility index (Phi) is 11.2. The predicted octanol–water partition coefficient (Wildman–Crippen LogP) is 4.43. The SMILES string of the molecule is CCC(N)=NC(=O)N1CCC([C@H](C)CCOc2ccc([C@H](NC(=O)OC(C)(C)C)C(=O)OC)cc2)CC1. The van der Waals surface area contributed by atoms with Crippen LogP contribution >= 0.6 is 0 Å². The fourth-order valence-electron chi connectivity index (χ4n) is 4.11. The Hall–Kier alpha value is -3.30. The largest absolute Gasteiger partial charge is 0.494 e. The number of amides is 3. The first kappa shape index (κ1) is 29.9. The van der Waals surface area contributed by atoms with Crippen molar-refractivity contribution in [2.75, 3.05) is 26.8 Å². The predicted molar refractivity (Wildman–Crippen MR) is 141 cm³/mol. The zero-order valence-electron chi connectivity index (χ0n) is 22.9. The summed E-state index contributed by atoms with van der Waals surface area (Å²) in [6.07, 6.45) is 2.61. The Labute approximate surface area is 219 Å². The summed E-state index contributed by atoms with van der Waals surface area (Å²) in [5.74, 6) is 1.40. The molecule has 1 saturated heterocycles. The van der Waals surface area contributed by atoms with Crippen LogP contribution in [-0.2, 0) is 14.3 Å². The van der Waals surface area contributed by atoms with Crippen LogP contribution in [-0.4, -0.2) is 61.2 Å². The summed E-state index contributed by atoms with van der Waals surface area (Å²) in [7, 11) is 1.27. The molecule has 10 heteroatoms. The molecule has 10 nitrogen and oxygen atoms in total. The van der Waals surface area contributed by atoms with Crippen molar-refractivity contribution >= 4 is 23.9 Å². The summed E-state index contributed by atoms with van der Waals surface area (Å²) in [5, 5.41) is 2.56. The molecule has 2 rings (SSSR count). The van der Waals surface area contributed by atoms with Gasteiger partial charge in [-0.15, -0.1) is 0 Å². The Morgan fingerprint density at radius 3 is 2.32 bits per heavy atom. The number of ether oxygens (including phenoxy) is 3. The number of methoxy groups -OCH3 is 1. The third-order valence-corrected chi connectivity index (χ3v) is 6.37. The zero-order chi connectivity index (χ0) is 27.6. The van der Waals surface area contributed by atoms with Crippen molar-refractivity contribution in [1.29, 1.82) is 0 Å². The first-order valence-corrected chi connectivity index (χ1v) is 12.9. The van der Waals surface area contributed by atoms with Crippen molar-refractivity contribution in [2.45, 2.75) is 71.9 Å². The maximum Gasteiger partial charge on any atom is 0.408 e. The van der Waals surface area contributed by atoms with E-state index in [9.17, 15) is 14.4 Å². The number of urea groups is 1. The van der Waals surface area contributed by atoms with E-state index in [1.165, 1.54) is 7.11 Å². The highest BCUT2D eigenvalue weighted by Crippen LogP contribution is 2.28. The number of amidine groups is 1. The number of nitrogens with one attached hydrogen (secondary N) is 1. The molecular formula is C27H42N4O6. The Morgan fingerprint density at radius 2 is 1.78 bits per heavy atom. The Morgan fingerprint density at radius 1 is 1.16 bits per heavy atom. The molecule has 1 aromatic carbocycles. The molecule has 1 aliphatic rings. The number of alkyl carbamates (subject to hydrolysis) is 1. The summed E-state index contributed by atoms with van der Waals surface area (Å²) in [6.45, 7) is 11.3. The van der Waals surface area contributed by atoms with Crippen molar-refractivity contribution < 1.29 is 28.6 Å². The van der Waals surface area contributed by atoms with E-state index < -0.39 is 23.7 Å². The van der Waals surface area contributed by atoms with Crippen molar-refractivity contribution in [2.24, 2.45) is 22.6 Å². The van der Waals surface area contributed by atoms with Crippen molar-refractivity contribution in [3.8, 4) is 5.75 Å². The number of hydrogen-bond acceptors (Lipinski definition) is 6. The number of carbonyl (C=O) groups excluding carboxylic acids is 3. The first-order valence-electron chi connectivity index (χ1n) is 12.9. The molecule has 1 aromatic rings. The number of esters is 1. The fraction of sp³-hybridized carbons (Fsp3) is 0.630. The summed E-state index contributed by atoms with van der Waals surface area (Å²) < 4.78 is 16.0. The van der Waals surface area contributed by atoms with E-state index in [-0.39, 0.29) is 6.03 Å². The van der Waals surface area contributed by atoms with Gasteiger partial charge in [0.15, 0.2) is 6.04 Å². The number of likely N-dealkylation sites (tertiary alicyclic amines) is 1. The van der Waals surface area contributed by atoms with Crippen LogP contribution in [0.2, 0.25) is 0 Å². The lowest BCUT2D eigenvalue weighted by atomic mass is 9.84. The average molecular weight is 519 g/mol. The van der Waals surface area contributed by atoms with Gasteiger partial charge >= 0.3 is 18.1 Å². The number of aliphatic imine (C=N–C) groups is 1. The minimum Gasteiger partial charge on any atom is -0.494 e. The highest BCUT2D eigenvalue weighted by Gasteiger charge is 2.28. The fourth-order valence-corrected chi connectivity index (χ4v) is 4.11. The van der Waals surface area contributed by atoms with Crippen LogP contribution in [0.4, 0.5) is 9.59 Å². The van der Waals surface area contributed by atoms with Gasteiger partial charge in [-0.05, 0) is 69.6 Å². The summed E-state index contributed by atoms with van der Waals surface area (Å²) in [5.41, 5.74) is 5.56. The molecule has 0 aromatic heterocycles. The number of piperidine rings is 1. The van der Waals surface area contributed by atoms with Gasteiger partial charge in [0.1, 0.15) is 17.2 Å².